The van der Waals surface area contributed by atoms with Gasteiger partial charge in [0.2, 0.25) is 12.9 Å². The van der Waals surface area contributed by atoms with Crippen LogP contribution in [0, 0.1) is 70.0 Å². The standard InChI is InChI=1S/C7H16.C6H11F3.C6H12F2.C6H13F.2C6H14.C5H10F2.C5H11F.4C5H12/c1-5-6-7(2,3)4;1-3-4-5(2)6(7,8)9;1-3-4-5(2)6(7)8;1-3-4-6(2)5-7;1-5-6(2,3)4;1-4-5-6(2)3;1-3-4(2)5(6)7;1-3-5(2)4-6;4*1-4-5(2)3/h5-6H2,1-4H3;5H,3-4H2,1-2H3;5-6H,3-4H2,1-2H3;6H,3-5H2,1-2H3;5H2,1-4H3;6H,4-5H2,1-3H3;4-5H,3H2,1-2H3;5H,3-4H2,1-2H3;4*5H,4H2,1-3H3. The minimum atomic E-state index is -3.99. The lowest BCUT2D eigenvalue weighted by molar-refractivity contribution is -0.171. The van der Waals surface area contributed by atoms with Gasteiger partial charge in [-0.2, -0.15) is 13.2 Å². The summed E-state index contributed by atoms with van der Waals surface area (Å²) < 4.78 is 104. The fourth-order valence-corrected chi connectivity index (χ4v) is 3.36. The van der Waals surface area contributed by atoms with Crippen LogP contribution in [-0.2, 0) is 0 Å². The molecule has 76 heavy (non-hydrogen) atoms. The van der Waals surface area contributed by atoms with Gasteiger partial charge in [-0.25, -0.2) is 17.6 Å². The van der Waals surface area contributed by atoms with Crippen LogP contribution in [0.15, 0.2) is 0 Å². The highest BCUT2D eigenvalue weighted by atomic mass is 19.4. The molecule has 5 atom stereocenters. The average Bonchev–Trinajstić information content (AvgIpc) is 3.32. The fourth-order valence-electron chi connectivity index (χ4n) is 3.36. The van der Waals surface area contributed by atoms with Crippen molar-refractivity contribution >= 4 is 0 Å². The van der Waals surface area contributed by atoms with Gasteiger partial charge in [0, 0.05) is 11.8 Å². The van der Waals surface area contributed by atoms with Crippen molar-refractivity contribution in [3.63, 3.8) is 0 Å². The first-order valence-corrected chi connectivity index (χ1v) is 31.2. The van der Waals surface area contributed by atoms with E-state index in [1.807, 2.05) is 27.7 Å². The van der Waals surface area contributed by atoms with E-state index in [0.717, 1.165) is 55.3 Å². The molecule has 0 rings (SSSR count). The summed E-state index contributed by atoms with van der Waals surface area (Å²) in [6.45, 7) is 68.6. The van der Waals surface area contributed by atoms with Crippen LogP contribution in [0.2, 0.25) is 0 Å². The van der Waals surface area contributed by atoms with Gasteiger partial charge in [0.05, 0.1) is 19.3 Å². The molecule has 9 heteroatoms. The summed E-state index contributed by atoms with van der Waals surface area (Å²) in [5.41, 5.74) is 1.09. The van der Waals surface area contributed by atoms with Crippen molar-refractivity contribution in [2.24, 2.45) is 70.0 Å². The molecule has 0 amide bonds. The largest absolute Gasteiger partial charge is 0.391 e. The van der Waals surface area contributed by atoms with Crippen molar-refractivity contribution < 1.29 is 39.5 Å². The van der Waals surface area contributed by atoms with Crippen molar-refractivity contribution in [1.29, 1.82) is 0 Å². The maximum Gasteiger partial charge on any atom is 0.391 e. The maximum atomic E-state index is 11.6. The molecule has 0 nitrogen and oxygen atoms in total. The van der Waals surface area contributed by atoms with Gasteiger partial charge in [-0.15, -0.1) is 0 Å². The quantitative estimate of drug-likeness (QED) is 0.113. The smallest absolute Gasteiger partial charge is 0.251 e. The summed E-state index contributed by atoms with van der Waals surface area (Å²) in [6, 6.07) is 0. The van der Waals surface area contributed by atoms with E-state index < -0.39 is 36.8 Å². The number of hydrogen-bond donors (Lipinski definition) is 0. The highest BCUT2D eigenvalue weighted by Crippen LogP contribution is 2.28. The topological polar surface area (TPSA) is 0 Å². The first-order chi connectivity index (χ1) is 34.4. The molecular weight excluding hydrogens is 976 g/mol. The Labute approximate surface area is 477 Å². The molecule has 0 saturated heterocycles. The van der Waals surface area contributed by atoms with Gasteiger partial charge in [-0.3, -0.25) is 8.78 Å². The van der Waals surface area contributed by atoms with Crippen LogP contribution in [0.4, 0.5) is 39.5 Å². The van der Waals surface area contributed by atoms with Gasteiger partial charge in [0.25, 0.3) is 0 Å². The zero-order valence-electron chi connectivity index (χ0n) is 58.3. The third-order valence-corrected chi connectivity index (χ3v) is 11.7. The summed E-state index contributed by atoms with van der Waals surface area (Å²) in [5, 5.41) is 0. The average molecular weight is 1130 g/mol. The summed E-state index contributed by atoms with van der Waals surface area (Å²) in [7, 11) is 0. The summed E-state index contributed by atoms with van der Waals surface area (Å²) in [5.74, 6) is 3.00. The van der Waals surface area contributed by atoms with Gasteiger partial charge in [0.1, 0.15) is 0 Å². The van der Waals surface area contributed by atoms with E-state index in [1.165, 1.54) is 64.7 Å². The number of halogens is 9. The Morgan fingerprint density at radius 3 is 0.632 bits per heavy atom. The SMILES string of the molecule is CCC(C)(C)C.CCC(C)C.CCC(C)C.CCC(C)C.CCC(C)C.CCC(C)C(F)F.CCC(C)CF.CCCC(C)(C)C.CCCC(C)C.CCCC(C)C(F)(F)F.CCCC(C)C(F)F.CCCC(C)CF. The molecule has 0 aliphatic carbocycles. The van der Waals surface area contributed by atoms with E-state index in [2.05, 4.69) is 166 Å². The molecule has 0 saturated carbocycles. The first kappa shape index (κ1) is 104. The van der Waals surface area contributed by atoms with E-state index in [1.54, 1.807) is 27.7 Å². The van der Waals surface area contributed by atoms with Crippen molar-refractivity contribution in [3.05, 3.63) is 0 Å². The second-order valence-corrected chi connectivity index (χ2v) is 25.4. The minimum absolute atomic E-state index is 0.159. The molecule has 480 valence electrons. The lowest BCUT2D eigenvalue weighted by Gasteiger charge is -2.15. The molecule has 0 aliphatic heterocycles. The fraction of sp³-hybridized carbons (Fsp3) is 1.00. The highest BCUT2D eigenvalue weighted by Gasteiger charge is 2.34. The Morgan fingerprint density at radius 1 is 0.316 bits per heavy atom. The second kappa shape index (κ2) is 76.4. The van der Waals surface area contributed by atoms with E-state index in [-0.39, 0.29) is 31.6 Å². The Balaban J connectivity index is -0.0000000591. The molecule has 5 unspecified atom stereocenters. The molecule has 0 radical (unpaired) electrons. The molecule has 0 aromatic rings. The number of alkyl halides is 9. The van der Waals surface area contributed by atoms with Gasteiger partial charge in [0.15, 0.2) is 0 Å². The molecule has 0 aromatic heterocycles. The van der Waals surface area contributed by atoms with Crippen LogP contribution in [0.1, 0.15) is 338 Å². The minimum Gasteiger partial charge on any atom is -0.251 e. The Kier molecular flexibility index (Phi) is 104. The van der Waals surface area contributed by atoms with E-state index in [0.29, 0.717) is 30.1 Å². The molecular formula is C67H149F9. The third kappa shape index (κ3) is 164. The number of hydrogen-bond acceptors (Lipinski definition) is 0. The second-order valence-electron chi connectivity index (χ2n) is 25.4. The summed E-state index contributed by atoms with van der Waals surface area (Å²) in [6.07, 6.45) is 9.57. The van der Waals surface area contributed by atoms with Gasteiger partial charge < -0.3 is 0 Å². The van der Waals surface area contributed by atoms with E-state index in [9.17, 15) is 39.5 Å². The number of rotatable bonds is 19. The first-order valence-electron chi connectivity index (χ1n) is 31.2. The highest BCUT2D eigenvalue weighted by molar-refractivity contribution is 4.60. The van der Waals surface area contributed by atoms with E-state index >= 15 is 0 Å². The summed E-state index contributed by atoms with van der Waals surface area (Å²) in [4.78, 5) is 0. The van der Waals surface area contributed by atoms with Crippen LogP contribution in [0.5, 0.6) is 0 Å². The van der Waals surface area contributed by atoms with Crippen molar-refractivity contribution in [2.75, 3.05) is 13.3 Å². The van der Waals surface area contributed by atoms with Gasteiger partial charge in [-0.05, 0) is 84.4 Å². The molecule has 0 spiro atoms. The molecule has 0 aliphatic rings. The molecule has 0 aromatic carbocycles. The molecule has 0 N–H and O–H groups in total. The normalized spacial score (nSPS) is 12.6. The zero-order valence-corrected chi connectivity index (χ0v) is 58.3. The van der Waals surface area contributed by atoms with Crippen LogP contribution in [0.25, 0.3) is 0 Å². The van der Waals surface area contributed by atoms with Crippen molar-refractivity contribution in [2.45, 2.75) is 357 Å². The zero-order chi connectivity index (χ0) is 63.9. The Morgan fingerprint density at radius 2 is 0.592 bits per heavy atom. The van der Waals surface area contributed by atoms with Crippen molar-refractivity contribution in [3.8, 4) is 0 Å². The third-order valence-electron chi connectivity index (χ3n) is 11.7. The monoisotopic (exact) mass is 1130 g/mol. The van der Waals surface area contributed by atoms with Crippen LogP contribution >= 0.6 is 0 Å². The van der Waals surface area contributed by atoms with Crippen LogP contribution in [-0.4, -0.2) is 32.4 Å². The lowest BCUT2D eigenvalue weighted by Crippen LogP contribution is -2.19. The van der Waals surface area contributed by atoms with E-state index in [4.69, 9.17) is 0 Å². The van der Waals surface area contributed by atoms with Crippen LogP contribution in [0.3, 0.4) is 0 Å². The Bertz CT molecular complexity index is 865. The predicted molar refractivity (Wildman–Crippen MR) is 336 cm³/mol. The van der Waals surface area contributed by atoms with Gasteiger partial charge >= 0.3 is 6.18 Å². The van der Waals surface area contributed by atoms with Crippen molar-refractivity contribution in [1.82, 2.24) is 0 Å². The van der Waals surface area contributed by atoms with Gasteiger partial charge in [-0.1, -0.05) is 306 Å². The lowest BCUT2D eigenvalue weighted by atomic mass is 9.91. The molecule has 0 fully saturated rings. The maximum absolute atomic E-state index is 11.6. The molecule has 0 heterocycles. The molecule has 0 bridgehead atoms. The predicted octanol–water partition coefficient (Wildman–Crippen LogP) is 28.3. The summed E-state index contributed by atoms with van der Waals surface area (Å²) >= 11 is 0. The van der Waals surface area contributed by atoms with Crippen LogP contribution < -0.4 is 0 Å². The Hall–Kier alpha value is -0.630.